The van der Waals surface area contributed by atoms with E-state index in [0.29, 0.717) is 23.9 Å². The van der Waals surface area contributed by atoms with Crippen molar-refractivity contribution < 1.29 is 14.2 Å². The van der Waals surface area contributed by atoms with Crippen LogP contribution in [-0.4, -0.2) is 14.2 Å². The molecule has 102 valence electrons. The molecule has 0 radical (unpaired) electrons. The summed E-state index contributed by atoms with van der Waals surface area (Å²) in [6, 6.07) is 9.93. The maximum atomic E-state index is 5.80. The second-order valence-electron chi connectivity index (χ2n) is 3.83. The van der Waals surface area contributed by atoms with E-state index in [0.717, 1.165) is 5.56 Å². The van der Waals surface area contributed by atoms with Gasteiger partial charge in [0.05, 0.1) is 14.2 Å². The van der Waals surface area contributed by atoms with Gasteiger partial charge in [-0.2, -0.15) is 0 Å². The minimum Gasteiger partial charge on any atom is -0.497 e. The highest BCUT2D eigenvalue weighted by atomic mass is 16.5. The fourth-order valence-electron chi connectivity index (χ4n) is 1.51. The molecule has 19 heavy (non-hydrogen) atoms. The Morgan fingerprint density at radius 2 is 1.84 bits per heavy atom. The van der Waals surface area contributed by atoms with Gasteiger partial charge in [0, 0.05) is 0 Å². The van der Waals surface area contributed by atoms with Crippen molar-refractivity contribution >= 4 is 0 Å². The summed E-state index contributed by atoms with van der Waals surface area (Å²) in [5.41, 5.74) is 1.08. The van der Waals surface area contributed by atoms with Crippen LogP contribution >= 0.6 is 0 Å². The maximum Gasteiger partial charge on any atom is 0.199 e. The molecule has 0 N–H and O–H groups in total. The Morgan fingerprint density at radius 1 is 1.16 bits per heavy atom. The van der Waals surface area contributed by atoms with Crippen LogP contribution in [0.4, 0.5) is 0 Å². The quantitative estimate of drug-likeness (QED) is 0.551. The van der Waals surface area contributed by atoms with E-state index in [1.807, 2.05) is 37.3 Å². The Labute approximate surface area is 114 Å². The Bertz CT molecular complexity index is 458. The number of benzene rings is 1. The van der Waals surface area contributed by atoms with Crippen LogP contribution in [0.15, 0.2) is 66.3 Å². The lowest BCUT2D eigenvalue weighted by molar-refractivity contribution is 0.141. The van der Waals surface area contributed by atoms with Crippen LogP contribution < -0.4 is 0 Å². The smallest absolute Gasteiger partial charge is 0.199 e. The lowest BCUT2D eigenvalue weighted by Gasteiger charge is -2.15. The average molecular weight is 260 g/mol. The Kier molecular flexibility index (Phi) is 6.30. The van der Waals surface area contributed by atoms with Gasteiger partial charge in [-0.15, -0.1) is 0 Å². The van der Waals surface area contributed by atoms with Crippen molar-refractivity contribution in [1.82, 2.24) is 0 Å². The van der Waals surface area contributed by atoms with Crippen LogP contribution in [0.1, 0.15) is 12.5 Å². The number of methoxy groups -OCH3 is 2. The van der Waals surface area contributed by atoms with Crippen LogP contribution in [0.3, 0.4) is 0 Å². The number of hydrogen-bond donors (Lipinski definition) is 0. The molecule has 0 unspecified atom stereocenters. The number of allylic oxidation sites excluding steroid dienone is 3. The largest absolute Gasteiger partial charge is 0.497 e. The van der Waals surface area contributed by atoms with Gasteiger partial charge in [-0.3, -0.25) is 0 Å². The maximum absolute atomic E-state index is 5.80. The van der Waals surface area contributed by atoms with Gasteiger partial charge in [0.2, 0.25) is 0 Å². The van der Waals surface area contributed by atoms with E-state index in [2.05, 4.69) is 6.58 Å². The minimum atomic E-state index is 0.453. The Balaban J connectivity index is 2.88. The van der Waals surface area contributed by atoms with Gasteiger partial charge in [-0.1, -0.05) is 43.0 Å². The minimum absolute atomic E-state index is 0.453. The Hall–Kier alpha value is -2.16. The van der Waals surface area contributed by atoms with E-state index in [-0.39, 0.29) is 0 Å². The molecule has 0 aliphatic rings. The van der Waals surface area contributed by atoms with Crippen LogP contribution in [0.5, 0.6) is 0 Å². The van der Waals surface area contributed by atoms with Crippen LogP contribution in [0.2, 0.25) is 0 Å². The molecule has 0 heterocycles. The van der Waals surface area contributed by atoms with Gasteiger partial charge in [-0.25, -0.2) is 0 Å². The number of ether oxygens (including phenoxy) is 3. The third kappa shape index (κ3) is 4.54. The van der Waals surface area contributed by atoms with E-state index in [1.165, 1.54) is 0 Å². The van der Waals surface area contributed by atoms with Crippen molar-refractivity contribution in [1.29, 1.82) is 0 Å². The molecule has 1 rings (SSSR count). The lowest BCUT2D eigenvalue weighted by Crippen LogP contribution is -2.03. The first kappa shape index (κ1) is 14.9. The van der Waals surface area contributed by atoms with E-state index >= 15 is 0 Å². The molecule has 0 aliphatic carbocycles. The molecule has 0 bridgehead atoms. The lowest BCUT2D eigenvalue weighted by atomic mass is 10.2. The average Bonchev–Trinajstić information content (AvgIpc) is 2.46. The highest BCUT2D eigenvalue weighted by Gasteiger charge is 2.12. The summed E-state index contributed by atoms with van der Waals surface area (Å²) in [6.45, 7) is 5.94. The van der Waals surface area contributed by atoms with Gasteiger partial charge in [0.1, 0.15) is 12.4 Å². The highest BCUT2D eigenvalue weighted by Crippen LogP contribution is 2.19. The molecule has 0 spiro atoms. The number of hydrogen-bond acceptors (Lipinski definition) is 3. The molecule has 0 saturated carbocycles. The molecule has 0 aliphatic heterocycles. The summed E-state index contributed by atoms with van der Waals surface area (Å²) >= 11 is 0. The fourth-order valence-corrected chi connectivity index (χ4v) is 1.51. The zero-order chi connectivity index (χ0) is 14.1. The summed E-state index contributed by atoms with van der Waals surface area (Å²) in [5.74, 6) is 1.82. The van der Waals surface area contributed by atoms with E-state index in [1.54, 1.807) is 26.4 Å². The van der Waals surface area contributed by atoms with Crippen molar-refractivity contribution in [3.05, 3.63) is 71.9 Å². The standard InChI is InChI=1S/C16H20O3/c1-5-9-15(18-4)16(13(2)17-3)19-12-14-10-7-6-8-11-14/h5-11H,1,12H2,2-4H3/b15-9+,16-13-. The predicted octanol–water partition coefficient (Wildman–Crippen LogP) is 3.80. The Morgan fingerprint density at radius 3 is 2.37 bits per heavy atom. The van der Waals surface area contributed by atoms with E-state index < -0.39 is 0 Å². The topological polar surface area (TPSA) is 27.7 Å². The molecule has 1 aromatic rings. The van der Waals surface area contributed by atoms with Crippen LogP contribution in [0, 0.1) is 0 Å². The van der Waals surface area contributed by atoms with Gasteiger partial charge < -0.3 is 14.2 Å². The summed E-state index contributed by atoms with van der Waals surface area (Å²) in [5, 5.41) is 0. The van der Waals surface area contributed by atoms with Crippen molar-refractivity contribution in [3.63, 3.8) is 0 Å². The van der Waals surface area contributed by atoms with Crippen LogP contribution in [-0.2, 0) is 20.8 Å². The SMILES string of the molecule is C=C/C=C(OC)\C(OCc1ccccc1)=C(/C)OC. The first-order valence-electron chi connectivity index (χ1n) is 6.01. The molecule has 0 saturated heterocycles. The first-order valence-corrected chi connectivity index (χ1v) is 6.01. The van der Waals surface area contributed by atoms with Gasteiger partial charge >= 0.3 is 0 Å². The van der Waals surface area contributed by atoms with Crippen LogP contribution in [0.25, 0.3) is 0 Å². The molecule has 1 aromatic carbocycles. The second kappa shape index (κ2) is 8.03. The van der Waals surface area contributed by atoms with Crippen molar-refractivity contribution in [2.75, 3.05) is 14.2 Å². The summed E-state index contributed by atoms with van der Waals surface area (Å²) in [4.78, 5) is 0. The molecular formula is C16H20O3. The first-order chi connectivity index (χ1) is 9.22. The molecule has 0 amide bonds. The third-order valence-electron chi connectivity index (χ3n) is 2.56. The van der Waals surface area contributed by atoms with Crippen molar-refractivity contribution in [3.8, 4) is 0 Å². The third-order valence-corrected chi connectivity index (χ3v) is 2.56. The predicted molar refractivity (Wildman–Crippen MR) is 76.2 cm³/mol. The van der Waals surface area contributed by atoms with E-state index in [4.69, 9.17) is 14.2 Å². The summed E-state index contributed by atoms with van der Waals surface area (Å²) in [7, 11) is 3.19. The van der Waals surface area contributed by atoms with Gasteiger partial charge in [0.15, 0.2) is 11.5 Å². The summed E-state index contributed by atoms with van der Waals surface area (Å²) in [6.07, 6.45) is 3.39. The zero-order valence-electron chi connectivity index (χ0n) is 11.7. The normalized spacial score (nSPS) is 12.5. The molecule has 0 aromatic heterocycles. The molecular weight excluding hydrogens is 240 g/mol. The molecule has 3 nitrogen and oxygen atoms in total. The highest BCUT2D eigenvalue weighted by molar-refractivity contribution is 5.26. The van der Waals surface area contributed by atoms with Gasteiger partial charge in [-0.05, 0) is 18.6 Å². The van der Waals surface area contributed by atoms with Crippen molar-refractivity contribution in [2.45, 2.75) is 13.5 Å². The molecule has 0 atom stereocenters. The van der Waals surface area contributed by atoms with E-state index in [9.17, 15) is 0 Å². The van der Waals surface area contributed by atoms with Gasteiger partial charge in [0.25, 0.3) is 0 Å². The molecule has 0 fully saturated rings. The zero-order valence-corrected chi connectivity index (χ0v) is 11.7. The molecule has 3 heteroatoms. The number of rotatable bonds is 7. The van der Waals surface area contributed by atoms with Crippen molar-refractivity contribution in [2.24, 2.45) is 0 Å². The second-order valence-corrected chi connectivity index (χ2v) is 3.83. The monoisotopic (exact) mass is 260 g/mol. The summed E-state index contributed by atoms with van der Waals surface area (Å²) < 4.78 is 16.3. The fraction of sp³-hybridized carbons (Fsp3) is 0.250.